The molecule has 3 N–H and O–H groups in total. The third-order valence-corrected chi connectivity index (χ3v) is 5.63. The minimum Gasteiger partial charge on any atom is -0.460 e. The number of esters is 1. The van der Waals surface area contributed by atoms with Gasteiger partial charge in [-0.3, -0.25) is 14.6 Å². The predicted molar refractivity (Wildman–Crippen MR) is 149 cm³/mol. The molecule has 0 aliphatic heterocycles. The number of rotatable bonds is 11. The first-order valence-corrected chi connectivity index (χ1v) is 12.9. The number of hydrogen-bond donors (Lipinski definition) is 3. The van der Waals surface area contributed by atoms with Crippen LogP contribution in [0.3, 0.4) is 0 Å². The number of aryl methyl sites for hydroxylation is 1. The molecule has 0 aliphatic carbocycles. The van der Waals surface area contributed by atoms with Gasteiger partial charge in [-0.15, -0.1) is 0 Å². The van der Waals surface area contributed by atoms with Crippen LogP contribution in [-0.4, -0.2) is 34.0 Å². The second kappa shape index (κ2) is 12.4. The third-order valence-electron chi connectivity index (χ3n) is 5.63. The number of aromatic amines is 1. The molecule has 39 heavy (non-hydrogen) atoms. The van der Waals surface area contributed by atoms with Gasteiger partial charge in [-0.05, 0) is 76.6 Å². The lowest BCUT2D eigenvalue weighted by molar-refractivity contribution is -0.154. The molecule has 9 heteroatoms. The maximum Gasteiger partial charge on any atom is 0.306 e. The highest BCUT2D eigenvalue weighted by Gasteiger charge is 2.16. The smallest absolute Gasteiger partial charge is 0.306 e. The van der Waals surface area contributed by atoms with E-state index in [1.807, 2.05) is 52.1 Å². The van der Waals surface area contributed by atoms with E-state index in [0.29, 0.717) is 43.1 Å². The number of aromatic nitrogens is 2. The summed E-state index contributed by atoms with van der Waals surface area (Å²) >= 11 is 0. The molecule has 3 heterocycles. The Balaban J connectivity index is 1.30. The van der Waals surface area contributed by atoms with Gasteiger partial charge in [-0.25, -0.2) is 0 Å². The van der Waals surface area contributed by atoms with Crippen LogP contribution >= 0.6 is 0 Å². The van der Waals surface area contributed by atoms with Crippen LogP contribution in [0.5, 0.6) is 11.5 Å². The van der Waals surface area contributed by atoms with Gasteiger partial charge in [-0.2, -0.15) is 0 Å². The highest BCUT2D eigenvalue weighted by molar-refractivity contribution is 6.03. The number of carbonyl (C=O) groups is 2. The standard InChI is InChI=1S/C30H34N4O5/c1-20-11-14-37-28(20)29(36)34-22-7-5-8-23(16-22)38-24-10-13-32-26(17-24)25-15-21(19-33-25)18-31-12-6-9-27(35)39-30(2,3)4/h5,7-8,10-11,13-17,19,31,33H,6,9,12,18H2,1-4H3,(H,34,36). The Labute approximate surface area is 227 Å². The van der Waals surface area contributed by atoms with Gasteiger partial charge in [0.1, 0.15) is 17.1 Å². The van der Waals surface area contributed by atoms with E-state index in [4.69, 9.17) is 13.9 Å². The van der Waals surface area contributed by atoms with Crippen LogP contribution in [0.25, 0.3) is 11.4 Å². The number of carbonyl (C=O) groups excluding carboxylic acids is 2. The number of nitrogens with one attached hydrogen (secondary N) is 3. The van der Waals surface area contributed by atoms with Gasteiger partial charge in [-0.1, -0.05) is 6.07 Å². The van der Waals surface area contributed by atoms with Crippen molar-refractivity contribution in [1.29, 1.82) is 0 Å². The Kier molecular flexibility index (Phi) is 8.83. The first kappa shape index (κ1) is 27.7. The number of H-pyrrole nitrogens is 1. The fourth-order valence-corrected chi connectivity index (χ4v) is 3.86. The minimum atomic E-state index is -0.454. The number of ether oxygens (including phenoxy) is 2. The van der Waals surface area contributed by atoms with E-state index in [1.54, 1.807) is 36.5 Å². The van der Waals surface area contributed by atoms with Crippen molar-refractivity contribution < 1.29 is 23.5 Å². The molecule has 0 spiro atoms. The van der Waals surface area contributed by atoms with E-state index in [1.165, 1.54) is 6.26 Å². The molecule has 9 nitrogen and oxygen atoms in total. The Morgan fingerprint density at radius 1 is 1.08 bits per heavy atom. The van der Waals surface area contributed by atoms with E-state index in [2.05, 4.69) is 20.6 Å². The normalized spacial score (nSPS) is 11.3. The number of pyridine rings is 1. The minimum absolute atomic E-state index is 0.179. The predicted octanol–water partition coefficient (Wildman–Crippen LogP) is 6.23. The van der Waals surface area contributed by atoms with Gasteiger partial charge in [0.15, 0.2) is 5.76 Å². The lowest BCUT2D eigenvalue weighted by Gasteiger charge is -2.19. The molecule has 4 aromatic rings. The Hall–Kier alpha value is -4.37. The topological polar surface area (TPSA) is 118 Å². The van der Waals surface area contributed by atoms with E-state index in [-0.39, 0.29) is 17.6 Å². The summed E-state index contributed by atoms with van der Waals surface area (Å²) in [5.74, 6) is 0.967. The molecule has 3 aromatic heterocycles. The summed E-state index contributed by atoms with van der Waals surface area (Å²) < 4.78 is 16.6. The monoisotopic (exact) mass is 530 g/mol. The fourth-order valence-electron chi connectivity index (χ4n) is 3.86. The van der Waals surface area contributed by atoms with Crippen LogP contribution in [-0.2, 0) is 16.1 Å². The van der Waals surface area contributed by atoms with Crippen LogP contribution < -0.4 is 15.4 Å². The van der Waals surface area contributed by atoms with Crippen LogP contribution in [0.15, 0.2) is 71.6 Å². The summed E-state index contributed by atoms with van der Waals surface area (Å²) in [4.78, 5) is 32.0. The Morgan fingerprint density at radius 3 is 2.67 bits per heavy atom. The summed E-state index contributed by atoms with van der Waals surface area (Å²) in [7, 11) is 0. The number of hydrogen-bond acceptors (Lipinski definition) is 7. The zero-order valence-corrected chi connectivity index (χ0v) is 22.7. The molecule has 0 bridgehead atoms. The van der Waals surface area contributed by atoms with Crippen LogP contribution in [0.2, 0.25) is 0 Å². The van der Waals surface area contributed by atoms with Crippen molar-refractivity contribution >= 4 is 17.6 Å². The van der Waals surface area contributed by atoms with Crippen molar-refractivity contribution in [2.45, 2.75) is 52.7 Å². The summed E-state index contributed by atoms with van der Waals surface area (Å²) in [6.07, 6.45) is 6.20. The van der Waals surface area contributed by atoms with Gasteiger partial charge in [0.2, 0.25) is 0 Å². The summed E-state index contributed by atoms with van der Waals surface area (Å²) in [6, 6.07) is 14.5. The maximum atomic E-state index is 12.5. The molecule has 0 atom stereocenters. The number of benzene rings is 1. The molecule has 0 fully saturated rings. The van der Waals surface area contributed by atoms with Crippen molar-refractivity contribution in [3.63, 3.8) is 0 Å². The molecule has 0 aliphatic rings. The maximum absolute atomic E-state index is 12.5. The molecule has 0 unspecified atom stereocenters. The first-order chi connectivity index (χ1) is 18.7. The molecular formula is C30H34N4O5. The third kappa shape index (κ3) is 8.31. The van der Waals surface area contributed by atoms with Crippen LogP contribution in [0, 0.1) is 6.92 Å². The van der Waals surface area contributed by atoms with Gasteiger partial charge in [0, 0.05) is 48.7 Å². The van der Waals surface area contributed by atoms with E-state index in [9.17, 15) is 9.59 Å². The first-order valence-electron chi connectivity index (χ1n) is 12.9. The van der Waals surface area contributed by atoms with Crippen molar-refractivity contribution in [1.82, 2.24) is 15.3 Å². The number of anilines is 1. The molecule has 204 valence electrons. The van der Waals surface area contributed by atoms with Crippen LogP contribution in [0.1, 0.15) is 55.3 Å². The Bertz CT molecular complexity index is 1420. The van der Waals surface area contributed by atoms with Crippen LogP contribution in [0.4, 0.5) is 5.69 Å². The Morgan fingerprint density at radius 2 is 1.90 bits per heavy atom. The second-order valence-electron chi connectivity index (χ2n) is 10.2. The summed E-state index contributed by atoms with van der Waals surface area (Å²) in [6.45, 7) is 8.80. The van der Waals surface area contributed by atoms with E-state index >= 15 is 0 Å². The molecule has 1 aromatic carbocycles. The number of amides is 1. The number of furan rings is 1. The molecular weight excluding hydrogens is 496 g/mol. The molecule has 0 radical (unpaired) electrons. The lowest BCUT2D eigenvalue weighted by atomic mass is 10.2. The van der Waals surface area contributed by atoms with Gasteiger partial charge >= 0.3 is 5.97 Å². The highest BCUT2D eigenvalue weighted by atomic mass is 16.6. The number of nitrogens with zero attached hydrogens (tertiary/aromatic N) is 1. The summed E-state index contributed by atoms with van der Waals surface area (Å²) in [5, 5.41) is 6.18. The molecule has 4 rings (SSSR count). The molecule has 0 saturated carbocycles. The summed E-state index contributed by atoms with van der Waals surface area (Å²) in [5.41, 5.74) is 3.58. The quantitative estimate of drug-likeness (QED) is 0.155. The van der Waals surface area contributed by atoms with Gasteiger partial charge < -0.3 is 29.5 Å². The lowest BCUT2D eigenvalue weighted by Crippen LogP contribution is -2.24. The SMILES string of the molecule is Cc1ccoc1C(=O)Nc1cccc(Oc2ccnc(-c3cc(CNCCCC(=O)OC(C)(C)C)c[nH]3)c2)c1. The van der Waals surface area contributed by atoms with E-state index in [0.717, 1.165) is 22.5 Å². The second-order valence-corrected chi connectivity index (χ2v) is 10.2. The average molecular weight is 531 g/mol. The zero-order valence-electron chi connectivity index (χ0n) is 22.7. The van der Waals surface area contributed by atoms with E-state index < -0.39 is 5.60 Å². The average Bonchev–Trinajstić information content (AvgIpc) is 3.52. The van der Waals surface area contributed by atoms with Crippen molar-refractivity contribution in [3.8, 4) is 22.9 Å². The van der Waals surface area contributed by atoms with Crippen molar-refractivity contribution in [3.05, 3.63) is 84.1 Å². The molecule has 1 amide bonds. The molecule has 0 saturated heterocycles. The van der Waals surface area contributed by atoms with Gasteiger partial charge in [0.05, 0.1) is 17.7 Å². The zero-order chi connectivity index (χ0) is 27.8. The largest absolute Gasteiger partial charge is 0.460 e. The van der Waals surface area contributed by atoms with Crippen molar-refractivity contribution in [2.75, 3.05) is 11.9 Å². The fraction of sp³-hybridized carbons (Fsp3) is 0.300. The van der Waals surface area contributed by atoms with Gasteiger partial charge in [0.25, 0.3) is 5.91 Å². The highest BCUT2D eigenvalue weighted by Crippen LogP contribution is 2.27. The van der Waals surface area contributed by atoms with Crippen molar-refractivity contribution in [2.24, 2.45) is 0 Å².